The number of carbonyl (C=O) groups excluding carboxylic acids is 1. The van der Waals surface area contributed by atoms with Crippen LogP contribution in [0, 0.1) is 5.92 Å². The summed E-state index contributed by atoms with van der Waals surface area (Å²) >= 11 is 0. The van der Waals surface area contributed by atoms with Crippen LogP contribution in [0.1, 0.15) is 25.1 Å². The van der Waals surface area contributed by atoms with Gasteiger partial charge in [-0.2, -0.15) is 0 Å². The van der Waals surface area contributed by atoms with Crippen LogP contribution < -0.4 is 15.8 Å². The topological polar surface area (TPSA) is 82.2 Å². The van der Waals surface area contributed by atoms with Crippen molar-refractivity contribution in [1.29, 1.82) is 0 Å². The van der Waals surface area contributed by atoms with Crippen molar-refractivity contribution in [1.82, 2.24) is 9.55 Å². The monoisotopic (exact) mass is 464 g/mol. The summed E-state index contributed by atoms with van der Waals surface area (Å²) in [7, 11) is 0. The van der Waals surface area contributed by atoms with Gasteiger partial charge in [-0.25, -0.2) is 4.98 Å². The number of hydrogen-bond acceptors (Lipinski definition) is 4. The smallest absolute Gasteiger partial charge is 0.241 e. The number of aromatic nitrogens is 2. The largest absolute Gasteiger partial charge is 0.493 e. The van der Waals surface area contributed by atoms with Gasteiger partial charge in [0.15, 0.2) is 0 Å². The van der Waals surface area contributed by atoms with Gasteiger partial charge in [0.1, 0.15) is 5.75 Å². The van der Waals surface area contributed by atoms with Crippen LogP contribution in [0.5, 0.6) is 5.75 Å². The van der Waals surface area contributed by atoms with E-state index < -0.39 is 6.04 Å². The lowest BCUT2D eigenvalue weighted by molar-refractivity contribution is -0.117. The summed E-state index contributed by atoms with van der Waals surface area (Å²) in [6.45, 7) is 5.54. The number of nitrogens with one attached hydrogen (secondary N) is 1. The molecule has 0 spiro atoms. The molecule has 0 saturated heterocycles. The molecular formula is C23H30Cl2N4O2. The van der Waals surface area contributed by atoms with E-state index >= 15 is 0 Å². The minimum Gasteiger partial charge on any atom is -0.493 e. The Hall–Kier alpha value is -2.54. The number of hydrogen-bond donors (Lipinski definition) is 2. The number of ether oxygens (including phenoxy) is 1. The van der Waals surface area contributed by atoms with Crippen molar-refractivity contribution in [2.45, 2.75) is 32.9 Å². The van der Waals surface area contributed by atoms with Crippen molar-refractivity contribution in [3.63, 3.8) is 0 Å². The summed E-state index contributed by atoms with van der Waals surface area (Å²) in [4.78, 5) is 16.9. The van der Waals surface area contributed by atoms with Gasteiger partial charge in [-0.15, -0.1) is 24.8 Å². The Morgan fingerprint density at radius 2 is 1.87 bits per heavy atom. The average molecular weight is 465 g/mol. The van der Waals surface area contributed by atoms with Gasteiger partial charge in [-0.1, -0.05) is 50.2 Å². The molecule has 8 heteroatoms. The fourth-order valence-corrected chi connectivity index (χ4v) is 2.87. The molecular weight excluding hydrogens is 435 g/mol. The van der Waals surface area contributed by atoms with E-state index in [1.54, 1.807) is 6.33 Å². The number of halogens is 2. The van der Waals surface area contributed by atoms with E-state index in [1.807, 2.05) is 53.2 Å². The zero-order chi connectivity index (χ0) is 20.6. The molecule has 1 amide bonds. The molecule has 0 aliphatic carbocycles. The van der Waals surface area contributed by atoms with Crippen LogP contribution in [0.15, 0.2) is 67.1 Å². The molecule has 6 nitrogen and oxygen atoms in total. The summed E-state index contributed by atoms with van der Waals surface area (Å²) in [5.41, 5.74) is 8.75. The Labute approximate surface area is 196 Å². The Morgan fingerprint density at radius 1 is 1.13 bits per heavy atom. The van der Waals surface area contributed by atoms with Gasteiger partial charge in [0.2, 0.25) is 5.91 Å². The molecule has 168 valence electrons. The number of rotatable bonds is 9. The van der Waals surface area contributed by atoms with Gasteiger partial charge >= 0.3 is 0 Å². The number of nitrogens with two attached hydrogens (primary N) is 1. The lowest BCUT2D eigenvalue weighted by atomic mass is 10.1. The minimum atomic E-state index is -0.685. The van der Waals surface area contributed by atoms with E-state index in [9.17, 15) is 4.79 Å². The highest BCUT2D eigenvalue weighted by Gasteiger charge is 2.16. The van der Waals surface area contributed by atoms with Crippen LogP contribution in [0.25, 0.3) is 0 Å². The molecule has 0 saturated carbocycles. The van der Waals surface area contributed by atoms with Crippen molar-refractivity contribution < 1.29 is 9.53 Å². The van der Waals surface area contributed by atoms with E-state index in [2.05, 4.69) is 36.3 Å². The predicted octanol–water partition coefficient (Wildman–Crippen LogP) is 4.32. The highest BCUT2D eigenvalue weighted by atomic mass is 35.5. The molecule has 0 radical (unpaired) electrons. The van der Waals surface area contributed by atoms with Crippen LogP contribution >= 0.6 is 24.8 Å². The standard InChI is InChI=1S/C23H28N4O2.2ClH/c1-17(2)15-29-21-10-6-9-19(11-21)26-23(28)22(24)12-20-14-27(16-25-20)13-18-7-4-3-5-8-18;;/h3-11,14,16-17,22H,12-13,15,24H2,1-2H3,(H,26,28);2*1H/t22-;;/m0../s1. The molecule has 0 unspecified atom stereocenters. The number of carbonyl (C=O) groups is 1. The molecule has 0 aliphatic heterocycles. The predicted molar refractivity (Wildman–Crippen MR) is 129 cm³/mol. The van der Waals surface area contributed by atoms with E-state index in [0.717, 1.165) is 18.0 Å². The first-order valence-electron chi connectivity index (χ1n) is 9.83. The summed E-state index contributed by atoms with van der Waals surface area (Å²) in [6, 6.07) is 16.8. The summed E-state index contributed by atoms with van der Waals surface area (Å²) < 4.78 is 7.69. The van der Waals surface area contributed by atoms with Crippen molar-refractivity contribution in [2.75, 3.05) is 11.9 Å². The first kappa shape index (κ1) is 26.5. The molecule has 0 bridgehead atoms. The van der Waals surface area contributed by atoms with Crippen molar-refractivity contribution in [3.8, 4) is 5.75 Å². The third kappa shape index (κ3) is 8.61. The second-order valence-corrected chi connectivity index (χ2v) is 7.56. The third-order valence-corrected chi connectivity index (χ3v) is 4.35. The average Bonchev–Trinajstić information content (AvgIpc) is 3.14. The Balaban J connectivity index is 0.00000240. The number of amides is 1. The van der Waals surface area contributed by atoms with Gasteiger partial charge in [0, 0.05) is 30.9 Å². The SMILES string of the molecule is CC(C)COc1cccc(NC(=O)[C@@H](N)Cc2cn(Cc3ccccc3)cn2)c1.Cl.Cl. The van der Waals surface area contributed by atoms with Crippen LogP contribution in [0.2, 0.25) is 0 Å². The fourth-order valence-electron chi connectivity index (χ4n) is 2.87. The quantitative estimate of drug-likeness (QED) is 0.493. The second kappa shape index (κ2) is 13.0. The maximum absolute atomic E-state index is 12.5. The molecule has 1 atom stereocenters. The molecule has 1 heterocycles. The molecule has 0 fully saturated rings. The lowest BCUT2D eigenvalue weighted by Crippen LogP contribution is -2.37. The molecule has 3 aromatic rings. The van der Waals surface area contributed by atoms with Crippen LogP contribution in [-0.2, 0) is 17.8 Å². The van der Waals surface area contributed by atoms with E-state index in [1.165, 1.54) is 5.56 Å². The normalized spacial score (nSPS) is 11.2. The maximum atomic E-state index is 12.5. The maximum Gasteiger partial charge on any atom is 0.241 e. The molecule has 3 N–H and O–H groups in total. The van der Waals surface area contributed by atoms with Crippen molar-refractivity contribution in [2.24, 2.45) is 11.7 Å². The number of nitrogens with zero attached hydrogens (tertiary/aromatic N) is 2. The third-order valence-electron chi connectivity index (χ3n) is 4.35. The van der Waals surface area contributed by atoms with Gasteiger partial charge < -0.3 is 20.4 Å². The van der Waals surface area contributed by atoms with Crippen LogP contribution in [0.4, 0.5) is 5.69 Å². The van der Waals surface area contributed by atoms with Gasteiger partial charge in [0.25, 0.3) is 0 Å². The highest BCUT2D eigenvalue weighted by Crippen LogP contribution is 2.18. The summed E-state index contributed by atoms with van der Waals surface area (Å²) in [5, 5.41) is 2.86. The van der Waals surface area contributed by atoms with Crippen molar-refractivity contribution in [3.05, 3.63) is 78.4 Å². The number of anilines is 1. The Morgan fingerprint density at radius 3 is 2.58 bits per heavy atom. The zero-order valence-corrected chi connectivity index (χ0v) is 19.4. The van der Waals surface area contributed by atoms with E-state index in [4.69, 9.17) is 10.5 Å². The molecule has 2 aromatic carbocycles. The number of imidazole rings is 1. The minimum absolute atomic E-state index is 0. The highest BCUT2D eigenvalue weighted by molar-refractivity contribution is 5.95. The van der Waals surface area contributed by atoms with Gasteiger partial charge in [0.05, 0.1) is 24.7 Å². The first-order valence-corrected chi connectivity index (χ1v) is 9.83. The Bertz CT molecular complexity index is 932. The molecule has 31 heavy (non-hydrogen) atoms. The molecule has 3 rings (SSSR count). The van der Waals surface area contributed by atoms with Crippen LogP contribution in [-0.4, -0.2) is 28.1 Å². The van der Waals surface area contributed by atoms with E-state index in [-0.39, 0.29) is 30.7 Å². The van der Waals surface area contributed by atoms with Gasteiger partial charge in [-0.3, -0.25) is 4.79 Å². The summed E-state index contributed by atoms with van der Waals surface area (Å²) in [5.74, 6) is 0.914. The lowest BCUT2D eigenvalue weighted by Gasteiger charge is -2.13. The second-order valence-electron chi connectivity index (χ2n) is 7.56. The fraction of sp³-hybridized carbons (Fsp3) is 0.304. The summed E-state index contributed by atoms with van der Waals surface area (Å²) in [6.07, 6.45) is 4.07. The van der Waals surface area contributed by atoms with Crippen molar-refractivity contribution >= 4 is 36.4 Å². The zero-order valence-electron chi connectivity index (χ0n) is 17.7. The Kier molecular flexibility index (Phi) is 11.1. The number of benzene rings is 2. The van der Waals surface area contributed by atoms with Crippen LogP contribution in [0.3, 0.4) is 0 Å². The molecule has 1 aromatic heterocycles. The molecule has 0 aliphatic rings. The van der Waals surface area contributed by atoms with E-state index in [0.29, 0.717) is 24.6 Å². The first-order chi connectivity index (χ1) is 14.0. The van der Waals surface area contributed by atoms with Gasteiger partial charge in [-0.05, 0) is 23.6 Å².